The van der Waals surface area contributed by atoms with Crippen molar-refractivity contribution in [2.24, 2.45) is 0 Å². The number of nitrogens with one attached hydrogen (secondary N) is 1. The molecule has 0 aliphatic heterocycles. The van der Waals surface area contributed by atoms with Crippen molar-refractivity contribution in [2.75, 3.05) is 5.73 Å². The minimum Gasteiger partial charge on any atom is -0.397 e. The molecule has 0 saturated heterocycles. The average molecular weight is 146 g/mol. The molecule has 0 fully saturated rings. The Balaban J connectivity index is 2.96. The molecule has 2 rings (SSSR count). The molecule has 2 heteroatoms. The van der Waals surface area contributed by atoms with E-state index in [1.54, 1.807) is 0 Å². The monoisotopic (exact) mass is 146 g/mol. The van der Waals surface area contributed by atoms with E-state index in [-0.39, 0.29) is 0 Å². The van der Waals surface area contributed by atoms with Crippen molar-refractivity contribution < 1.29 is 0 Å². The Morgan fingerprint density at radius 2 is 2.18 bits per heavy atom. The zero-order valence-corrected chi connectivity index (χ0v) is 6.39. The minimum absolute atomic E-state index is 0.832. The standard InChI is InChI=1S/C9H10N2/c1-6-3-2-4-8-9(6)7(10)5-11-8/h2-5,11H,10H2,1H3. The normalized spacial score (nSPS) is 10.6. The summed E-state index contributed by atoms with van der Waals surface area (Å²) >= 11 is 0. The second-order valence-corrected chi connectivity index (χ2v) is 2.74. The lowest BCUT2D eigenvalue weighted by molar-refractivity contribution is 1.47. The highest BCUT2D eigenvalue weighted by Crippen LogP contribution is 2.22. The maximum atomic E-state index is 5.75. The largest absolute Gasteiger partial charge is 0.397 e. The third kappa shape index (κ3) is 0.792. The zero-order chi connectivity index (χ0) is 7.84. The molecule has 1 aromatic heterocycles. The molecule has 11 heavy (non-hydrogen) atoms. The van der Waals surface area contributed by atoms with Crippen molar-refractivity contribution in [3.05, 3.63) is 30.0 Å². The van der Waals surface area contributed by atoms with E-state index < -0.39 is 0 Å². The number of benzene rings is 1. The van der Waals surface area contributed by atoms with Gasteiger partial charge in [-0.2, -0.15) is 0 Å². The van der Waals surface area contributed by atoms with Gasteiger partial charge in [0.05, 0.1) is 5.69 Å². The molecule has 0 saturated carbocycles. The zero-order valence-electron chi connectivity index (χ0n) is 6.39. The van der Waals surface area contributed by atoms with Gasteiger partial charge in [0.15, 0.2) is 0 Å². The molecular weight excluding hydrogens is 136 g/mol. The summed E-state index contributed by atoms with van der Waals surface area (Å²) in [5, 5.41) is 1.15. The fourth-order valence-electron chi connectivity index (χ4n) is 1.40. The van der Waals surface area contributed by atoms with E-state index in [2.05, 4.69) is 18.0 Å². The van der Waals surface area contributed by atoms with E-state index in [9.17, 15) is 0 Å². The first kappa shape index (κ1) is 6.28. The van der Waals surface area contributed by atoms with Gasteiger partial charge >= 0.3 is 0 Å². The summed E-state index contributed by atoms with van der Waals surface area (Å²) in [6, 6.07) is 6.11. The number of aromatic amines is 1. The van der Waals surface area contributed by atoms with E-state index in [1.165, 1.54) is 5.56 Å². The predicted molar refractivity (Wildman–Crippen MR) is 47.4 cm³/mol. The highest BCUT2D eigenvalue weighted by atomic mass is 14.7. The predicted octanol–water partition coefficient (Wildman–Crippen LogP) is 2.06. The number of nitrogen functional groups attached to an aromatic ring is 1. The Labute approximate surface area is 65.0 Å². The van der Waals surface area contributed by atoms with Crippen LogP contribution in [0.1, 0.15) is 5.56 Å². The molecular formula is C9H10N2. The van der Waals surface area contributed by atoms with Gasteiger partial charge in [-0.1, -0.05) is 12.1 Å². The van der Waals surface area contributed by atoms with Gasteiger partial charge in [0, 0.05) is 17.1 Å². The molecule has 1 aromatic carbocycles. The fourth-order valence-corrected chi connectivity index (χ4v) is 1.40. The van der Waals surface area contributed by atoms with Crippen LogP contribution < -0.4 is 5.73 Å². The number of aryl methyl sites for hydroxylation is 1. The lowest BCUT2D eigenvalue weighted by atomic mass is 10.1. The summed E-state index contributed by atoms with van der Waals surface area (Å²) in [4.78, 5) is 3.10. The number of fused-ring (bicyclic) bond motifs is 1. The SMILES string of the molecule is Cc1cccc2[nH]cc(N)c12. The number of rotatable bonds is 0. The van der Waals surface area contributed by atoms with Crippen molar-refractivity contribution in [2.45, 2.75) is 6.92 Å². The summed E-state index contributed by atoms with van der Waals surface area (Å²) in [7, 11) is 0. The quantitative estimate of drug-likeness (QED) is 0.587. The molecule has 0 radical (unpaired) electrons. The van der Waals surface area contributed by atoms with Crippen LogP contribution >= 0.6 is 0 Å². The first-order chi connectivity index (χ1) is 5.29. The molecule has 56 valence electrons. The maximum absolute atomic E-state index is 5.75. The number of H-pyrrole nitrogens is 1. The van der Waals surface area contributed by atoms with Crippen molar-refractivity contribution in [3.8, 4) is 0 Å². The summed E-state index contributed by atoms with van der Waals surface area (Å²) in [6.45, 7) is 2.06. The Hall–Kier alpha value is -1.44. The van der Waals surface area contributed by atoms with Gasteiger partial charge in [-0.25, -0.2) is 0 Å². The number of anilines is 1. The van der Waals surface area contributed by atoms with E-state index in [1.807, 2.05) is 18.3 Å². The number of hydrogen-bond donors (Lipinski definition) is 2. The molecule has 0 aliphatic carbocycles. The smallest absolute Gasteiger partial charge is 0.0574 e. The molecule has 0 aliphatic rings. The van der Waals surface area contributed by atoms with Gasteiger partial charge in [0.2, 0.25) is 0 Å². The summed E-state index contributed by atoms with van der Waals surface area (Å²) in [5.74, 6) is 0. The number of aromatic nitrogens is 1. The Morgan fingerprint density at radius 1 is 1.36 bits per heavy atom. The van der Waals surface area contributed by atoms with Crippen LogP contribution in [0.4, 0.5) is 5.69 Å². The minimum atomic E-state index is 0.832. The van der Waals surface area contributed by atoms with Crippen LogP contribution in [0.15, 0.2) is 24.4 Å². The van der Waals surface area contributed by atoms with Crippen LogP contribution in [0.25, 0.3) is 10.9 Å². The third-order valence-electron chi connectivity index (χ3n) is 1.94. The van der Waals surface area contributed by atoms with Crippen molar-refractivity contribution in [1.29, 1.82) is 0 Å². The molecule has 0 bridgehead atoms. The number of hydrogen-bond acceptors (Lipinski definition) is 1. The Morgan fingerprint density at radius 3 is 2.91 bits per heavy atom. The molecule has 0 atom stereocenters. The second kappa shape index (κ2) is 2.02. The van der Waals surface area contributed by atoms with Crippen LogP contribution in [0.5, 0.6) is 0 Å². The van der Waals surface area contributed by atoms with Crippen LogP contribution in [0, 0.1) is 6.92 Å². The lowest BCUT2D eigenvalue weighted by Crippen LogP contribution is -1.82. The van der Waals surface area contributed by atoms with E-state index in [0.717, 1.165) is 16.6 Å². The Kier molecular flexibility index (Phi) is 1.15. The van der Waals surface area contributed by atoms with E-state index in [0.29, 0.717) is 0 Å². The first-order valence-corrected chi connectivity index (χ1v) is 3.61. The molecule has 2 nitrogen and oxygen atoms in total. The molecule has 0 amide bonds. The highest BCUT2D eigenvalue weighted by Gasteiger charge is 2.00. The average Bonchev–Trinajstić information content (AvgIpc) is 2.34. The second-order valence-electron chi connectivity index (χ2n) is 2.74. The summed E-state index contributed by atoms with van der Waals surface area (Å²) in [6.07, 6.45) is 1.83. The van der Waals surface area contributed by atoms with Crippen LogP contribution in [-0.4, -0.2) is 4.98 Å². The van der Waals surface area contributed by atoms with Crippen molar-refractivity contribution in [3.63, 3.8) is 0 Å². The van der Waals surface area contributed by atoms with Gasteiger partial charge in [-0.05, 0) is 18.6 Å². The summed E-state index contributed by atoms with van der Waals surface area (Å²) in [5.41, 5.74) is 8.91. The first-order valence-electron chi connectivity index (χ1n) is 3.61. The van der Waals surface area contributed by atoms with Crippen LogP contribution in [0.3, 0.4) is 0 Å². The van der Waals surface area contributed by atoms with Crippen LogP contribution in [-0.2, 0) is 0 Å². The van der Waals surface area contributed by atoms with Crippen molar-refractivity contribution >= 4 is 16.6 Å². The van der Waals surface area contributed by atoms with Crippen molar-refractivity contribution in [1.82, 2.24) is 4.98 Å². The third-order valence-corrected chi connectivity index (χ3v) is 1.94. The van der Waals surface area contributed by atoms with E-state index in [4.69, 9.17) is 5.73 Å². The van der Waals surface area contributed by atoms with Gasteiger partial charge in [-0.3, -0.25) is 0 Å². The molecule has 0 unspecified atom stereocenters. The molecule has 1 heterocycles. The lowest BCUT2D eigenvalue weighted by Gasteiger charge is -1.95. The van der Waals surface area contributed by atoms with Crippen LogP contribution in [0.2, 0.25) is 0 Å². The van der Waals surface area contributed by atoms with E-state index >= 15 is 0 Å². The van der Waals surface area contributed by atoms with Gasteiger partial charge < -0.3 is 10.7 Å². The van der Waals surface area contributed by atoms with Gasteiger partial charge in [-0.15, -0.1) is 0 Å². The number of nitrogens with two attached hydrogens (primary N) is 1. The molecule has 3 N–H and O–H groups in total. The fraction of sp³-hybridized carbons (Fsp3) is 0.111. The highest BCUT2D eigenvalue weighted by molar-refractivity contribution is 5.93. The topological polar surface area (TPSA) is 41.8 Å². The molecule has 2 aromatic rings. The van der Waals surface area contributed by atoms with Gasteiger partial charge in [0.25, 0.3) is 0 Å². The Bertz CT molecular complexity index is 387. The molecule has 0 spiro atoms. The maximum Gasteiger partial charge on any atom is 0.0574 e. The van der Waals surface area contributed by atoms with Gasteiger partial charge in [0.1, 0.15) is 0 Å². The summed E-state index contributed by atoms with van der Waals surface area (Å²) < 4.78 is 0.